The summed E-state index contributed by atoms with van der Waals surface area (Å²) in [5.74, 6) is 3.72. The summed E-state index contributed by atoms with van der Waals surface area (Å²) >= 11 is 0. The van der Waals surface area contributed by atoms with Crippen LogP contribution >= 0.6 is 0 Å². The van der Waals surface area contributed by atoms with E-state index < -0.39 is 9.71 Å². The normalized spacial score (nSPS) is 26.0. The van der Waals surface area contributed by atoms with Crippen molar-refractivity contribution in [1.29, 1.82) is 0 Å². The lowest BCUT2D eigenvalue weighted by molar-refractivity contribution is 0.0939. The van der Waals surface area contributed by atoms with Crippen LogP contribution in [0.3, 0.4) is 0 Å². The van der Waals surface area contributed by atoms with Gasteiger partial charge in [-0.25, -0.2) is 4.31 Å². The molecule has 0 aromatic carbocycles. The van der Waals surface area contributed by atoms with E-state index in [1.165, 1.54) is 0 Å². The highest BCUT2D eigenvalue weighted by molar-refractivity contribution is 7.97. The van der Waals surface area contributed by atoms with Crippen LogP contribution in [0, 0.1) is 0 Å². The highest BCUT2D eigenvalue weighted by atomic mass is 32.2. The minimum Gasteiger partial charge on any atom is -0.296 e. The third-order valence-corrected chi connectivity index (χ3v) is 4.19. The average Bonchev–Trinajstić information content (AvgIpc) is 2.01. The molecule has 84 valence electrons. The topological polar surface area (TPSA) is 23.6 Å². The van der Waals surface area contributed by atoms with Crippen LogP contribution in [0.2, 0.25) is 0 Å². The van der Waals surface area contributed by atoms with Crippen molar-refractivity contribution in [2.45, 2.75) is 26.3 Å². The average molecular weight is 218 g/mol. The molecule has 0 radical (unpaired) electrons. The van der Waals surface area contributed by atoms with E-state index in [0.29, 0.717) is 0 Å². The first-order valence-electron chi connectivity index (χ1n) is 5.03. The van der Waals surface area contributed by atoms with Crippen molar-refractivity contribution in [3.05, 3.63) is 0 Å². The molecule has 1 unspecified atom stereocenters. The highest BCUT2D eigenvalue weighted by Crippen LogP contribution is 2.16. The zero-order chi connectivity index (χ0) is 11.0. The van der Waals surface area contributed by atoms with Gasteiger partial charge in [0.2, 0.25) is 0 Å². The summed E-state index contributed by atoms with van der Waals surface area (Å²) < 4.78 is 13.7. The molecule has 1 rings (SSSR count). The van der Waals surface area contributed by atoms with Crippen molar-refractivity contribution >= 4 is 15.6 Å². The fourth-order valence-corrected chi connectivity index (χ4v) is 2.68. The number of nitrogens with zero attached hydrogens (tertiary/aromatic N) is 2. The van der Waals surface area contributed by atoms with Crippen molar-refractivity contribution in [2.24, 2.45) is 0 Å². The highest BCUT2D eigenvalue weighted by Gasteiger charge is 2.27. The monoisotopic (exact) mass is 218 g/mol. The summed E-state index contributed by atoms with van der Waals surface area (Å²) in [4.78, 5) is 2.43. The fraction of sp³-hybridized carbons (Fsp3) is 0.900. The van der Waals surface area contributed by atoms with Gasteiger partial charge in [-0.2, -0.15) is 0 Å². The maximum atomic E-state index is 11.7. The van der Waals surface area contributed by atoms with E-state index >= 15 is 0 Å². The van der Waals surface area contributed by atoms with Gasteiger partial charge in [-0.05, 0) is 26.6 Å². The Morgan fingerprint density at radius 3 is 1.86 bits per heavy atom. The molecule has 1 atom stereocenters. The van der Waals surface area contributed by atoms with Crippen LogP contribution in [0.4, 0.5) is 0 Å². The van der Waals surface area contributed by atoms with Crippen molar-refractivity contribution in [3.63, 3.8) is 0 Å². The summed E-state index contributed by atoms with van der Waals surface area (Å²) in [5, 5.41) is 0. The van der Waals surface area contributed by atoms with Crippen LogP contribution in [-0.4, -0.2) is 57.3 Å². The molecular formula is C10H22N2OS. The van der Waals surface area contributed by atoms with Gasteiger partial charge in [0.1, 0.15) is 0 Å². The molecule has 0 aromatic rings. The molecule has 1 aliphatic heterocycles. The van der Waals surface area contributed by atoms with Crippen LogP contribution in [-0.2, 0) is 9.71 Å². The maximum absolute atomic E-state index is 11.7. The van der Waals surface area contributed by atoms with Crippen LogP contribution in [0.1, 0.15) is 20.8 Å². The van der Waals surface area contributed by atoms with E-state index in [4.69, 9.17) is 0 Å². The molecule has 0 saturated carbocycles. The molecule has 0 bridgehead atoms. The van der Waals surface area contributed by atoms with Gasteiger partial charge in [-0.3, -0.25) is 9.11 Å². The van der Waals surface area contributed by atoms with Gasteiger partial charge >= 0.3 is 0 Å². The van der Waals surface area contributed by atoms with E-state index in [0.717, 1.165) is 26.2 Å². The van der Waals surface area contributed by atoms with E-state index in [2.05, 4.69) is 31.5 Å². The zero-order valence-electron chi connectivity index (χ0n) is 9.75. The predicted octanol–water partition coefficient (Wildman–Crippen LogP) is 0.664. The molecule has 1 heterocycles. The molecule has 1 saturated heterocycles. The summed E-state index contributed by atoms with van der Waals surface area (Å²) in [6.45, 7) is 10.4. The van der Waals surface area contributed by atoms with Gasteiger partial charge in [-0.1, -0.05) is 0 Å². The molecule has 3 nitrogen and oxygen atoms in total. The summed E-state index contributed by atoms with van der Waals surface area (Å²) in [5.41, 5.74) is 0.224. The van der Waals surface area contributed by atoms with Crippen LogP contribution in [0.25, 0.3) is 0 Å². The minimum atomic E-state index is -1.99. The second kappa shape index (κ2) is 3.83. The molecule has 0 aliphatic carbocycles. The molecule has 0 amide bonds. The summed E-state index contributed by atoms with van der Waals surface area (Å²) in [7, 11) is -1.99. The molecule has 0 aromatic heterocycles. The first-order valence-corrected chi connectivity index (χ1v) is 7.13. The van der Waals surface area contributed by atoms with Gasteiger partial charge < -0.3 is 0 Å². The number of hydrogen-bond donors (Lipinski definition) is 0. The van der Waals surface area contributed by atoms with E-state index in [1.54, 1.807) is 6.26 Å². The Labute approximate surface area is 88.2 Å². The Kier molecular flexibility index (Phi) is 3.29. The molecule has 1 aliphatic rings. The lowest BCUT2D eigenvalue weighted by atomic mass is 10.1. The van der Waals surface area contributed by atoms with Crippen LogP contribution in [0.5, 0.6) is 0 Å². The Balaban J connectivity index is 2.56. The van der Waals surface area contributed by atoms with Crippen molar-refractivity contribution in [3.8, 4) is 0 Å². The zero-order valence-corrected chi connectivity index (χ0v) is 10.6. The lowest BCUT2D eigenvalue weighted by Gasteiger charge is -2.42. The smallest absolute Gasteiger partial charge is 0.0246 e. The second-order valence-electron chi connectivity index (χ2n) is 5.05. The number of hydrogen-bond acceptors (Lipinski definition) is 2. The van der Waals surface area contributed by atoms with Gasteiger partial charge in [0, 0.05) is 47.7 Å². The number of rotatable bonds is 1. The van der Waals surface area contributed by atoms with Crippen LogP contribution in [0.15, 0.2) is 0 Å². The third kappa shape index (κ3) is 2.97. The predicted molar refractivity (Wildman–Crippen MR) is 64.1 cm³/mol. The Bertz CT molecular complexity index is 282. The minimum absolute atomic E-state index is 0.224. The first kappa shape index (κ1) is 12.0. The SMILES string of the molecule is C=S(C)(=O)N1CCN(C(C)(C)C)CC1. The van der Waals surface area contributed by atoms with Gasteiger partial charge in [0.05, 0.1) is 0 Å². The Morgan fingerprint density at radius 2 is 1.57 bits per heavy atom. The Morgan fingerprint density at radius 1 is 1.14 bits per heavy atom. The second-order valence-corrected chi connectivity index (χ2v) is 7.48. The number of piperazine rings is 1. The quantitative estimate of drug-likeness (QED) is 0.604. The van der Waals surface area contributed by atoms with E-state index in [9.17, 15) is 4.21 Å². The largest absolute Gasteiger partial charge is 0.296 e. The standard InChI is InChI=1S/C10H22N2OS/c1-10(2,3)11-6-8-12(9-7-11)14(4,5)13/h4,6-9H2,1-3,5H3. The van der Waals surface area contributed by atoms with Crippen molar-refractivity contribution < 1.29 is 4.21 Å². The summed E-state index contributed by atoms with van der Waals surface area (Å²) in [6, 6.07) is 0. The van der Waals surface area contributed by atoms with Crippen molar-refractivity contribution in [2.75, 3.05) is 32.4 Å². The fourth-order valence-electron chi connectivity index (χ4n) is 1.75. The van der Waals surface area contributed by atoms with E-state index in [1.807, 2.05) is 4.31 Å². The summed E-state index contributed by atoms with van der Waals surface area (Å²) in [6.07, 6.45) is 1.72. The molecule has 14 heavy (non-hydrogen) atoms. The van der Waals surface area contributed by atoms with Gasteiger partial charge in [0.25, 0.3) is 0 Å². The third-order valence-electron chi connectivity index (χ3n) is 2.73. The lowest BCUT2D eigenvalue weighted by Crippen LogP contribution is -2.54. The van der Waals surface area contributed by atoms with Crippen molar-refractivity contribution in [1.82, 2.24) is 9.21 Å². The van der Waals surface area contributed by atoms with Gasteiger partial charge in [-0.15, -0.1) is 0 Å². The molecule has 0 N–H and O–H groups in total. The maximum Gasteiger partial charge on any atom is 0.0246 e. The first-order chi connectivity index (χ1) is 6.21. The van der Waals surface area contributed by atoms with E-state index in [-0.39, 0.29) is 5.54 Å². The molecular weight excluding hydrogens is 196 g/mol. The Hall–Kier alpha value is -0.0600. The molecule has 1 fully saturated rings. The van der Waals surface area contributed by atoms with Crippen LogP contribution < -0.4 is 0 Å². The molecule has 4 heteroatoms. The molecule has 0 spiro atoms. The van der Waals surface area contributed by atoms with Gasteiger partial charge in [0.15, 0.2) is 0 Å².